The highest BCUT2D eigenvalue weighted by Gasteiger charge is 2.57. The highest BCUT2D eigenvalue weighted by Crippen LogP contribution is 2.63. The molecule has 2 aliphatic heterocycles. The van der Waals surface area contributed by atoms with Crippen LogP contribution in [0.5, 0.6) is 11.5 Å². The lowest BCUT2D eigenvalue weighted by Gasteiger charge is -2.54. The van der Waals surface area contributed by atoms with Crippen molar-refractivity contribution in [1.82, 2.24) is 0 Å². The monoisotopic (exact) mass is 522 g/mol. The molecule has 0 aromatic heterocycles. The van der Waals surface area contributed by atoms with E-state index in [1.54, 1.807) is 0 Å². The first-order valence-corrected chi connectivity index (χ1v) is 14.4. The fourth-order valence-corrected chi connectivity index (χ4v) is 7.06. The topological polar surface area (TPSA) is 18.5 Å². The van der Waals surface area contributed by atoms with Crippen molar-refractivity contribution in [1.29, 1.82) is 0 Å². The maximum atomic E-state index is 6.92. The Morgan fingerprint density at radius 3 is 2.58 bits per heavy atom. The third kappa shape index (κ3) is 3.55. The van der Waals surface area contributed by atoms with Gasteiger partial charge < -0.3 is 9.47 Å². The van der Waals surface area contributed by atoms with Gasteiger partial charge in [0, 0.05) is 29.5 Å². The van der Waals surface area contributed by atoms with Crippen LogP contribution >= 0.6 is 0 Å². The van der Waals surface area contributed by atoms with E-state index in [0.29, 0.717) is 0 Å². The summed E-state index contributed by atoms with van der Waals surface area (Å²) in [4.78, 5) is 0. The number of hydrogen-bond acceptors (Lipinski definition) is 2. The van der Waals surface area contributed by atoms with Gasteiger partial charge in [0.2, 0.25) is 0 Å². The van der Waals surface area contributed by atoms with Crippen LogP contribution in [0.3, 0.4) is 0 Å². The van der Waals surface area contributed by atoms with Gasteiger partial charge in [-0.15, -0.1) is 0 Å². The van der Waals surface area contributed by atoms with Gasteiger partial charge in [-0.1, -0.05) is 97.1 Å². The van der Waals surface area contributed by atoms with E-state index in [9.17, 15) is 0 Å². The Morgan fingerprint density at radius 1 is 0.875 bits per heavy atom. The second kappa shape index (κ2) is 9.41. The van der Waals surface area contributed by atoms with E-state index < -0.39 is 11.0 Å². The Bertz CT molecular complexity index is 1690. The molecule has 0 amide bonds. The molecule has 2 aliphatic carbocycles. The number of rotatable bonds is 3. The van der Waals surface area contributed by atoms with Crippen LogP contribution in [-0.4, -0.2) is 5.60 Å². The minimum Gasteiger partial charge on any atom is -0.487 e. The minimum atomic E-state index is -0.521. The lowest BCUT2D eigenvalue weighted by molar-refractivity contribution is 0.0224. The van der Waals surface area contributed by atoms with E-state index in [1.807, 2.05) is 0 Å². The number of ether oxygens (including phenoxy) is 2. The molecule has 0 saturated carbocycles. The summed E-state index contributed by atoms with van der Waals surface area (Å²) in [7, 11) is 0. The molecule has 0 saturated heterocycles. The molecule has 7 rings (SSSR count). The second-order valence-corrected chi connectivity index (χ2v) is 11.2. The molecule has 40 heavy (non-hydrogen) atoms. The predicted molar refractivity (Wildman–Crippen MR) is 164 cm³/mol. The van der Waals surface area contributed by atoms with Gasteiger partial charge in [0.05, 0.1) is 5.41 Å². The summed E-state index contributed by atoms with van der Waals surface area (Å²) in [6.45, 7) is 6.44. The number of fused-ring (bicyclic) bond motifs is 7. The molecule has 2 unspecified atom stereocenters. The number of allylic oxidation sites excluding steroid dienone is 10. The molecule has 4 aliphatic rings. The molecule has 1 spiro atoms. The lowest BCUT2D eigenvalue weighted by atomic mass is 9.56. The summed E-state index contributed by atoms with van der Waals surface area (Å²) in [5.41, 5.74) is 8.64. The van der Waals surface area contributed by atoms with E-state index in [1.165, 1.54) is 39.0 Å². The van der Waals surface area contributed by atoms with Gasteiger partial charge in [-0.2, -0.15) is 0 Å². The molecule has 0 N–H and O–H groups in total. The van der Waals surface area contributed by atoms with Crippen molar-refractivity contribution in [3.8, 4) is 22.6 Å². The third-order valence-electron chi connectivity index (χ3n) is 8.84. The van der Waals surface area contributed by atoms with Gasteiger partial charge in [-0.3, -0.25) is 0 Å². The van der Waals surface area contributed by atoms with Crippen molar-refractivity contribution in [3.63, 3.8) is 0 Å². The van der Waals surface area contributed by atoms with Crippen molar-refractivity contribution in [2.45, 2.75) is 51.0 Å². The van der Waals surface area contributed by atoms with Crippen LogP contribution in [0.25, 0.3) is 16.7 Å². The normalized spacial score (nSPS) is 24.6. The lowest BCUT2D eigenvalue weighted by Crippen LogP contribution is -2.50. The Morgan fingerprint density at radius 2 is 1.75 bits per heavy atom. The van der Waals surface area contributed by atoms with Crippen molar-refractivity contribution >= 4 is 5.57 Å². The van der Waals surface area contributed by atoms with Crippen LogP contribution in [0, 0.1) is 0 Å². The fourth-order valence-electron chi connectivity index (χ4n) is 7.06. The van der Waals surface area contributed by atoms with Gasteiger partial charge in [0.25, 0.3) is 0 Å². The number of benzene rings is 3. The Labute approximate surface area is 237 Å². The first kappa shape index (κ1) is 24.7. The Kier molecular flexibility index (Phi) is 5.82. The van der Waals surface area contributed by atoms with Crippen LogP contribution in [0.15, 0.2) is 132 Å². The first-order valence-electron chi connectivity index (χ1n) is 14.4. The van der Waals surface area contributed by atoms with E-state index in [0.717, 1.165) is 42.1 Å². The average Bonchev–Trinajstić information content (AvgIpc) is 2.99. The van der Waals surface area contributed by atoms with Crippen molar-refractivity contribution in [2.24, 2.45) is 0 Å². The van der Waals surface area contributed by atoms with Gasteiger partial charge in [-0.05, 0) is 73.2 Å². The standard InChI is InChI=1S/C38H34O2/c1-4-13-26(5-2)28-20-22-33-32(24-28)38(31-21-19-29(25-35(31)39-33)27-14-7-6-8-15-27)30-16-9-10-17-34(30)40-37(3)23-12-11-18-36(37)38/h4-9,11-16,18-22,24-25H,10,17,23H2,1-3H3/b13-4-,26-5+. The average molecular weight is 523 g/mol. The minimum absolute atomic E-state index is 0.439. The summed E-state index contributed by atoms with van der Waals surface area (Å²) in [5.74, 6) is 2.92. The largest absolute Gasteiger partial charge is 0.487 e. The van der Waals surface area contributed by atoms with Crippen LogP contribution in [0.2, 0.25) is 0 Å². The molecule has 2 heterocycles. The van der Waals surface area contributed by atoms with Crippen molar-refractivity contribution < 1.29 is 9.47 Å². The van der Waals surface area contributed by atoms with E-state index in [4.69, 9.17) is 9.47 Å². The molecular formula is C38H34O2. The predicted octanol–water partition coefficient (Wildman–Crippen LogP) is 10.0. The summed E-state index contributed by atoms with van der Waals surface area (Å²) in [6.07, 6.45) is 20.6. The van der Waals surface area contributed by atoms with Crippen molar-refractivity contribution in [2.75, 3.05) is 0 Å². The number of hydrogen-bond donors (Lipinski definition) is 0. The van der Waals surface area contributed by atoms with Crippen molar-refractivity contribution in [3.05, 3.63) is 149 Å². The van der Waals surface area contributed by atoms with E-state index in [-0.39, 0.29) is 0 Å². The van der Waals surface area contributed by atoms with Crippen LogP contribution in [0.4, 0.5) is 0 Å². The van der Waals surface area contributed by atoms with Gasteiger partial charge in [0.1, 0.15) is 22.9 Å². The molecule has 0 radical (unpaired) electrons. The van der Waals surface area contributed by atoms with Crippen LogP contribution in [-0.2, 0) is 10.2 Å². The molecule has 2 heteroatoms. The second-order valence-electron chi connectivity index (χ2n) is 11.2. The summed E-state index contributed by atoms with van der Waals surface area (Å²) in [6, 6.07) is 24.0. The zero-order valence-electron chi connectivity index (χ0n) is 23.4. The maximum Gasteiger partial charge on any atom is 0.132 e. The first-order chi connectivity index (χ1) is 19.6. The zero-order chi connectivity index (χ0) is 27.3. The third-order valence-corrected chi connectivity index (χ3v) is 8.84. The van der Waals surface area contributed by atoms with Crippen LogP contribution < -0.4 is 4.74 Å². The molecule has 0 bridgehead atoms. The summed E-state index contributed by atoms with van der Waals surface area (Å²) < 4.78 is 13.7. The Hall–Kier alpha value is -4.30. The molecular weight excluding hydrogens is 488 g/mol. The molecule has 3 aromatic carbocycles. The summed E-state index contributed by atoms with van der Waals surface area (Å²) in [5, 5.41) is 0. The highest BCUT2D eigenvalue weighted by atomic mass is 16.5. The Balaban J connectivity index is 1.58. The molecule has 3 aromatic rings. The fraction of sp³-hybridized carbons (Fsp3) is 0.211. The van der Waals surface area contributed by atoms with Gasteiger partial charge in [0.15, 0.2) is 0 Å². The molecule has 2 nitrogen and oxygen atoms in total. The molecule has 2 atom stereocenters. The van der Waals surface area contributed by atoms with Gasteiger partial charge >= 0.3 is 0 Å². The highest BCUT2D eigenvalue weighted by molar-refractivity contribution is 5.80. The smallest absolute Gasteiger partial charge is 0.132 e. The SMILES string of the molecule is C/C=C\C(=C/C)c1ccc2c(c1)C1(C3=CC=CCC3(C)OC3=C1C=CCC3)c1ccc(-c3ccccc3)cc1O2. The van der Waals surface area contributed by atoms with E-state index in [2.05, 4.69) is 136 Å². The maximum absolute atomic E-state index is 6.92. The molecule has 198 valence electrons. The zero-order valence-corrected chi connectivity index (χ0v) is 23.4. The van der Waals surface area contributed by atoms with Crippen LogP contribution in [0.1, 0.15) is 56.7 Å². The molecule has 0 fully saturated rings. The quantitative estimate of drug-likeness (QED) is 0.319. The van der Waals surface area contributed by atoms with E-state index >= 15 is 0 Å². The van der Waals surface area contributed by atoms with Gasteiger partial charge in [-0.25, -0.2) is 0 Å². The summed E-state index contributed by atoms with van der Waals surface area (Å²) >= 11 is 0.